The Morgan fingerprint density at radius 2 is 2.04 bits per heavy atom. The molecule has 3 aromatic rings. The fourth-order valence-corrected chi connectivity index (χ4v) is 3.34. The highest BCUT2D eigenvalue weighted by Gasteiger charge is 2.10. The van der Waals surface area contributed by atoms with Gasteiger partial charge < -0.3 is 18.9 Å². The lowest BCUT2D eigenvalue weighted by atomic mass is 10.2. The van der Waals surface area contributed by atoms with Crippen LogP contribution in [-0.4, -0.2) is 37.5 Å². The van der Waals surface area contributed by atoms with Crippen LogP contribution in [0, 0.1) is 0 Å². The van der Waals surface area contributed by atoms with E-state index in [9.17, 15) is 0 Å². The zero-order valence-corrected chi connectivity index (χ0v) is 15.0. The van der Waals surface area contributed by atoms with Crippen molar-refractivity contribution in [3.8, 4) is 10.8 Å². The molecule has 134 valence electrons. The fourth-order valence-electron chi connectivity index (χ4n) is 2.68. The van der Waals surface area contributed by atoms with E-state index in [1.807, 2.05) is 29.6 Å². The van der Waals surface area contributed by atoms with Crippen LogP contribution >= 0.6 is 11.3 Å². The first-order chi connectivity index (χ1) is 12.9. The van der Waals surface area contributed by atoms with Gasteiger partial charge in [-0.05, 0) is 29.1 Å². The third-order valence-electron chi connectivity index (χ3n) is 4.04. The van der Waals surface area contributed by atoms with Crippen molar-refractivity contribution in [2.24, 2.45) is 5.16 Å². The Morgan fingerprint density at radius 1 is 1.19 bits per heavy atom. The molecule has 6 nitrogen and oxygen atoms in total. The number of anilines is 1. The van der Waals surface area contributed by atoms with Crippen LogP contribution in [0.25, 0.3) is 10.8 Å². The van der Waals surface area contributed by atoms with E-state index < -0.39 is 0 Å². The molecule has 4 rings (SSSR count). The van der Waals surface area contributed by atoms with Gasteiger partial charge in [-0.25, -0.2) is 4.98 Å². The van der Waals surface area contributed by atoms with Gasteiger partial charge in [0, 0.05) is 18.8 Å². The largest absolute Gasteiger partial charge is 0.443 e. The van der Waals surface area contributed by atoms with Crippen LogP contribution in [0.15, 0.2) is 57.6 Å². The summed E-state index contributed by atoms with van der Waals surface area (Å²) < 4.78 is 10.8. The van der Waals surface area contributed by atoms with Crippen LogP contribution in [0.3, 0.4) is 0 Å². The van der Waals surface area contributed by atoms with Crippen molar-refractivity contribution in [2.75, 3.05) is 31.2 Å². The predicted molar refractivity (Wildman–Crippen MR) is 102 cm³/mol. The second kappa shape index (κ2) is 8.16. The number of ether oxygens (including phenoxy) is 1. The second-order valence-corrected chi connectivity index (χ2v) is 6.77. The third-order valence-corrected chi connectivity index (χ3v) is 4.90. The van der Waals surface area contributed by atoms with E-state index in [2.05, 4.69) is 27.2 Å². The molecule has 0 saturated carbocycles. The Kier molecular flexibility index (Phi) is 5.27. The predicted octanol–water partition coefficient (Wildman–Crippen LogP) is 3.79. The molecular weight excluding hydrogens is 350 g/mol. The normalized spacial score (nSPS) is 14.8. The van der Waals surface area contributed by atoms with Crippen LogP contribution in [0.4, 0.5) is 5.69 Å². The maximum Gasteiger partial charge on any atom is 0.236 e. The number of oxazole rings is 1. The molecule has 1 aliphatic heterocycles. The van der Waals surface area contributed by atoms with Gasteiger partial charge in [0.25, 0.3) is 0 Å². The van der Waals surface area contributed by atoms with Crippen LogP contribution < -0.4 is 4.90 Å². The van der Waals surface area contributed by atoms with Gasteiger partial charge in [0.1, 0.15) is 12.0 Å². The molecule has 0 spiro atoms. The highest BCUT2D eigenvalue weighted by Crippen LogP contribution is 2.23. The summed E-state index contributed by atoms with van der Waals surface area (Å²) in [6.45, 7) is 3.71. The van der Waals surface area contributed by atoms with E-state index in [-0.39, 0.29) is 6.61 Å². The molecule has 0 aliphatic carbocycles. The van der Waals surface area contributed by atoms with Crippen LogP contribution in [-0.2, 0) is 16.2 Å². The molecule has 1 saturated heterocycles. The van der Waals surface area contributed by atoms with E-state index in [0.717, 1.165) is 36.7 Å². The molecule has 0 amide bonds. The van der Waals surface area contributed by atoms with Crippen molar-refractivity contribution in [1.82, 2.24) is 4.98 Å². The smallest absolute Gasteiger partial charge is 0.236 e. The standard InChI is InChI=1S/C19H19N3O3S/c1-2-18(26-11-1)19-21-16(13-24-19)14-25-20-12-15-3-5-17(6-4-15)22-7-9-23-10-8-22/h1-6,11-13H,7-10,14H2. The van der Waals surface area contributed by atoms with Crippen molar-refractivity contribution < 1.29 is 14.0 Å². The Labute approximate surface area is 155 Å². The van der Waals surface area contributed by atoms with Crippen LogP contribution in [0.5, 0.6) is 0 Å². The number of hydrogen-bond acceptors (Lipinski definition) is 7. The molecule has 3 heterocycles. The number of aromatic nitrogens is 1. The second-order valence-electron chi connectivity index (χ2n) is 5.82. The first-order valence-corrected chi connectivity index (χ1v) is 9.33. The highest BCUT2D eigenvalue weighted by molar-refractivity contribution is 7.13. The number of hydrogen-bond donors (Lipinski definition) is 0. The Bertz CT molecular complexity index is 837. The van der Waals surface area contributed by atoms with Crippen molar-refractivity contribution in [3.63, 3.8) is 0 Å². The van der Waals surface area contributed by atoms with E-state index in [1.54, 1.807) is 23.8 Å². The minimum Gasteiger partial charge on any atom is -0.443 e. The van der Waals surface area contributed by atoms with Gasteiger partial charge in [-0.3, -0.25) is 0 Å². The van der Waals surface area contributed by atoms with Crippen molar-refractivity contribution >= 4 is 23.2 Å². The SMILES string of the molecule is C(=NOCc1coc(-c2cccs2)n1)c1ccc(N2CCOCC2)cc1. The van der Waals surface area contributed by atoms with Gasteiger partial charge in [0.15, 0.2) is 6.61 Å². The minimum atomic E-state index is 0.275. The molecule has 0 bridgehead atoms. The maximum absolute atomic E-state index is 5.45. The van der Waals surface area contributed by atoms with Crippen LogP contribution in [0.1, 0.15) is 11.3 Å². The minimum absolute atomic E-state index is 0.275. The maximum atomic E-state index is 5.45. The number of thiophene rings is 1. The number of nitrogens with zero attached hydrogens (tertiary/aromatic N) is 3. The lowest BCUT2D eigenvalue weighted by molar-refractivity contribution is 0.122. The summed E-state index contributed by atoms with van der Waals surface area (Å²) in [6.07, 6.45) is 3.30. The average Bonchev–Trinajstić information content (AvgIpc) is 3.38. The zero-order valence-electron chi connectivity index (χ0n) is 14.2. The molecule has 1 aromatic carbocycles. The first-order valence-electron chi connectivity index (χ1n) is 8.45. The first kappa shape index (κ1) is 16.8. The van der Waals surface area contributed by atoms with Crippen molar-refractivity contribution in [1.29, 1.82) is 0 Å². The Morgan fingerprint density at radius 3 is 2.81 bits per heavy atom. The third kappa shape index (κ3) is 4.12. The van der Waals surface area contributed by atoms with E-state index in [1.165, 1.54) is 5.69 Å². The summed E-state index contributed by atoms with van der Waals surface area (Å²) in [5.41, 5.74) is 2.91. The summed E-state index contributed by atoms with van der Waals surface area (Å²) in [6, 6.07) is 12.2. The van der Waals surface area contributed by atoms with Crippen molar-refractivity contribution in [2.45, 2.75) is 6.61 Å². The highest BCUT2D eigenvalue weighted by atomic mass is 32.1. The molecule has 26 heavy (non-hydrogen) atoms. The average molecular weight is 369 g/mol. The lowest BCUT2D eigenvalue weighted by Crippen LogP contribution is -2.36. The molecule has 0 unspecified atom stereocenters. The monoisotopic (exact) mass is 369 g/mol. The number of oxime groups is 1. The molecule has 1 fully saturated rings. The zero-order chi connectivity index (χ0) is 17.6. The van der Waals surface area contributed by atoms with Gasteiger partial charge in [0.05, 0.1) is 24.3 Å². The summed E-state index contributed by atoms with van der Waals surface area (Å²) in [5, 5.41) is 6.00. The number of rotatable bonds is 6. The fraction of sp³-hybridized carbons (Fsp3) is 0.263. The quantitative estimate of drug-likeness (QED) is 0.489. The molecular formula is C19H19N3O3S. The molecule has 7 heteroatoms. The number of morpholine rings is 1. The van der Waals surface area contributed by atoms with Gasteiger partial charge >= 0.3 is 0 Å². The van der Waals surface area contributed by atoms with E-state index in [4.69, 9.17) is 14.0 Å². The van der Waals surface area contributed by atoms with E-state index in [0.29, 0.717) is 11.6 Å². The molecule has 0 radical (unpaired) electrons. The Balaban J connectivity index is 1.28. The number of benzene rings is 1. The Hall–Kier alpha value is -2.64. The van der Waals surface area contributed by atoms with E-state index >= 15 is 0 Å². The summed E-state index contributed by atoms with van der Waals surface area (Å²) in [5.74, 6) is 0.612. The summed E-state index contributed by atoms with van der Waals surface area (Å²) in [7, 11) is 0. The molecule has 0 atom stereocenters. The van der Waals surface area contributed by atoms with Crippen molar-refractivity contribution in [3.05, 3.63) is 59.3 Å². The lowest BCUT2D eigenvalue weighted by Gasteiger charge is -2.28. The summed E-state index contributed by atoms with van der Waals surface area (Å²) in [4.78, 5) is 13.0. The van der Waals surface area contributed by atoms with Gasteiger partial charge in [-0.2, -0.15) is 0 Å². The topological polar surface area (TPSA) is 60.1 Å². The summed E-state index contributed by atoms with van der Waals surface area (Å²) >= 11 is 1.59. The molecule has 1 aliphatic rings. The molecule has 2 aromatic heterocycles. The van der Waals surface area contributed by atoms with Crippen LogP contribution in [0.2, 0.25) is 0 Å². The van der Waals surface area contributed by atoms with Gasteiger partial charge in [-0.1, -0.05) is 23.4 Å². The van der Waals surface area contributed by atoms with Gasteiger partial charge in [0.2, 0.25) is 5.89 Å². The molecule has 0 N–H and O–H groups in total. The van der Waals surface area contributed by atoms with Gasteiger partial charge in [-0.15, -0.1) is 11.3 Å².